The lowest BCUT2D eigenvalue weighted by atomic mass is 9.86. The van der Waals surface area contributed by atoms with E-state index in [0.717, 1.165) is 0 Å². The smallest absolute Gasteiger partial charge is 0.391 e. The average Bonchev–Trinajstić information content (AvgIpc) is 2.53. The topological polar surface area (TPSA) is 84.5 Å². The molecular formula is C16H21F3N2O4S. The van der Waals surface area contributed by atoms with Crippen molar-refractivity contribution in [2.75, 3.05) is 12.4 Å². The first-order valence-electron chi connectivity index (χ1n) is 8.07. The Bertz CT molecular complexity index is 765. The summed E-state index contributed by atoms with van der Waals surface area (Å²) in [6.45, 7) is 1.26. The summed E-state index contributed by atoms with van der Waals surface area (Å²) in [5, 5.41) is 2.46. The zero-order valence-corrected chi connectivity index (χ0v) is 15.2. The maximum absolute atomic E-state index is 12.9. The van der Waals surface area contributed by atoms with Gasteiger partial charge in [-0.1, -0.05) is 6.42 Å². The molecule has 2 N–H and O–H groups in total. The molecule has 10 heteroatoms. The van der Waals surface area contributed by atoms with Gasteiger partial charge in [-0.15, -0.1) is 0 Å². The predicted octanol–water partition coefficient (Wildman–Crippen LogP) is 3.05. The van der Waals surface area contributed by atoms with E-state index in [1.165, 1.54) is 32.2 Å². The second kappa shape index (κ2) is 7.83. The third-order valence-electron chi connectivity index (χ3n) is 4.25. The van der Waals surface area contributed by atoms with Crippen LogP contribution in [0.25, 0.3) is 0 Å². The van der Waals surface area contributed by atoms with Gasteiger partial charge in [-0.05, 0) is 37.5 Å². The van der Waals surface area contributed by atoms with Crippen LogP contribution < -0.4 is 14.8 Å². The van der Waals surface area contributed by atoms with Gasteiger partial charge in [0.1, 0.15) is 5.75 Å². The van der Waals surface area contributed by atoms with E-state index in [4.69, 9.17) is 4.74 Å². The van der Waals surface area contributed by atoms with E-state index in [9.17, 15) is 26.4 Å². The highest BCUT2D eigenvalue weighted by Crippen LogP contribution is 2.38. The van der Waals surface area contributed by atoms with Crippen LogP contribution in [0.2, 0.25) is 0 Å². The van der Waals surface area contributed by atoms with Gasteiger partial charge in [0.15, 0.2) is 0 Å². The van der Waals surface area contributed by atoms with Crippen molar-refractivity contribution in [3.05, 3.63) is 18.2 Å². The average molecular weight is 394 g/mol. The lowest BCUT2D eigenvalue weighted by molar-refractivity contribution is -0.183. The molecule has 6 nitrogen and oxygen atoms in total. The molecule has 0 unspecified atom stereocenters. The van der Waals surface area contributed by atoms with Crippen LogP contribution in [-0.2, 0) is 14.8 Å². The van der Waals surface area contributed by atoms with Crippen LogP contribution in [0, 0.1) is 5.92 Å². The molecule has 2 atom stereocenters. The molecular weight excluding hydrogens is 373 g/mol. The van der Waals surface area contributed by atoms with Crippen LogP contribution in [0.3, 0.4) is 0 Å². The van der Waals surface area contributed by atoms with Gasteiger partial charge in [-0.2, -0.15) is 13.2 Å². The zero-order valence-electron chi connectivity index (χ0n) is 14.4. The monoisotopic (exact) mass is 394 g/mol. The molecule has 1 aliphatic carbocycles. The highest BCUT2D eigenvalue weighted by molar-refractivity contribution is 7.89. The number of hydrogen-bond donors (Lipinski definition) is 2. The van der Waals surface area contributed by atoms with Crippen LogP contribution in [0.1, 0.15) is 32.6 Å². The minimum Gasteiger partial charge on any atom is -0.495 e. The molecule has 1 aliphatic rings. The number of nitrogens with one attached hydrogen (secondary N) is 2. The van der Waals surface area contributed by atoms with Crippen molar-refractivity contribution in [3.63, 3.8) is 0 Å². The number of sulfonamides is 1. The number of methoxy groups -OCH3 is 1. The Kier molecular flexibility index (Phi) is 6.17. The molecule has 1 aromatic carbocycles. The van der Waals surface area contributed by atoms with E-state index < -0.39 is 34.1 Å². The van der Waals surface area contributed by atoms with Crippen LogP contribution >= 0.6 is 0 Å². The molecule has 0 radical (unpaired) electrons. The summed E-state index contributed by atoms with van der Waals surface area (Å²) in [6, 6.07) is 3.08. The number of amides is 1. The first-order chi connectivity index (χ1) is 12.0. The lowest BCUT2D eigenvalue weighted by Crippen LogP contribution is -2.41. The standard InChI is InChI=1S/C16H21F3N2O4S/c1-10(22)20-14-9-13(6-7-15(14)25-2)26(23,24)21-12-5-3-4-11(8-12)16(17,18)19/h6-7,9,11-12,21H,3-5,8H2,1-2H3,(H,20,22)/t11-,12+/m1/s1. The number of anilines is 1. The fourth-order valence-electron chi connectivity index (χ4n) is 3.02. The number of benzene rings is 1. The van der Waals surface area contributed by atoms with Crippen LogP contribution in [0.4, 0.5) is 18.9 Å². The Morgan fingerprint density at radius 2 is 1.96 bits per heavy atom. The Morgan fingerprint density at radius 3 is 2.54 bits per heavy atom. The molecule has 0 heterocycles. The molecule has 0 saturated heterocycles. The summed E-state index contributed by atoms with van der Waals surface area (Å²) < 4.78 is 71.2. The highest BCUT2D eigenvalue weighted by Gasteiger charge is 2.42. The molecule has 2 rings (SSSR count). The Balaban J connectivity index is 2.20. The van der Waals surface area contributed by atoms with Gasteiger partial charge in [0.2, 0.25) is 15.9 Å². The van der Waals surface area contributed by atoms with Crippen molar-refractivity contribution in [3.8, 4) is 5.75 Å². The Morgan fingerprint density at radius 1 is 1.27 bits per heavy atom. The van der Waals surface area contributed by atoms with Gasteiger partial charge < -0.3 is 10.1 Å². The van der Waals surface area contributed by atoms with E-state index in [-0.39, 0.29) is 29.2 Å². The fourth-order valence-corrected chi connectivity index (χ4v) is 4.33. The second-order valence-electron chi connectivity index (χ2n) is 6.27. The van der Waals surface area contributed by atoms with Crippen molar-refractivity contribution >= 4 is 21.6 Å². The van der Waals surface area contributed by atoms with Crippen molar-refractivity contribution in [1.82, 2.24) is 4.72 Å². The van der Waals surface area contributed by atoms with E-state index in [0.29, 0.717) is 12.8 Å². The first-order valence-corrected chi connectivity index (χ1v) is 9.56. The minimum absolute atomic E-state index is 0.0109. The van der Waals surface area contributed by atoms with Gasteiger partial charge >= 0.3 is 6.18 Å². The highest BCUT2D eigenvalue weighted by atomic mass is 32.2. The van der Waals surface area contributed by atoms with Gasteiger partial charge in [-0.3, -0.25) is 4.79 Å². The lowest BCUT2D eigenvalue weighted by Gasteiger charge is -2.30. The van der Waals surface area contributed by atoms with E-state index in [2.05, 4.69) is 10.0 Å². The number of carbonyl (C=O) groups is 1. The summed E-state index contributed by atoms with van der Waals surface area (Å²) in [6.07, 6.45) is -3.95. The van der Waals surface area contributed by atoms with E-state index in [1.807, 2.05) is 0 Å². The van der Waals surface area contributed by atoms with Gasteiger partial charge in [-0.25, -0.2) is 13.1 Å². The molecule has 1 saturated carbocycles. The van der Waals surface area contributed by atoms with Crippen LogP contribution in [-0.4, -0.2) is 33.7 Å². The molecule has 1 fully saturated rings. The Labute approximate surface area is 150 Å². The number of alkyl halides is 3. The number of halogens is 3. The third-order valence-corrected chi connectivity index (χ3v) is 5.77. The van der Waals surface area contributed by atoms with E-state index >= 15 is 0 Å². The normalized spacial score (nSPS) is 21.3. The first kappa shape index (κ1) is 20.5. The Hall–Kier alpha value is -1.81. The third kappa shape index (κ3) is 5.10. The molecule has 0 bridgehead atoms. The molecule has 0 aliphatic heterocycles. The maximum atomic E-state index is 12.9. The summed E-state index contributed by atoms with van der Waals surface area (Å²) in [5.41, 5.74) is 0.166. The summed E-state index contributed by atoms with van der Waals surface area (Å²) >= 11 is 0. The molecule has 1 aromatic rings. The summed E-state index contributed by atoms with van der Waals surface area (Å²) in [4.78, 5) is 11.1. The number of hydrogen-bond acceptors (Lipinski definition) is 4. The largest absolute Gasteiger partial charge is 0.495 e. The molecule has 1 amide bonds. The zero-order chi connectivity index (χ0) is 19.5. The van der Waals surface area contributed by atoms with E-state index in [1.54, 1.807) is 0 Å². The van der Waals surface area contributed by atoms with Crippen molar-refractivity contribution in [2.45, 2.75) is 49.7 Å². The number of ether oxygens (including phenoxy) is 1. The number of carbonyl (C=O) groups excluding carboxylic acids is 1. The summed E-state index contributed by atoms with van der Waals surface area (Å²) in [5.74, 6) is -1.64. The van der Waals surface area contributed by atoms with Crippen LogP contribution in [0.15, 0.2) is 23.1 Å². The second-order valence-corrected chi connectivity index (χ2v) is 7.98. The van der Waals surface area contributed by atoms with Crippen LogP contribution in [0.5, 0.6) is 5.75 Å². The quantitative estimate of drug-likeness (QED) is 0.804. The van der Waals surface area contributed by atoms with Crippen molar-refractivity contribution in [1.29, 1.82) is 0 Å². The fraction of sp³-hybridized carbons (Fsp3) is 0.562. The molecule has 0 aromatic heterocycles. The van der Waals surface area contributed by atoms with Gasteiger partial charge in [0, 0.05) is 13.0 Å². The van der Waals surface area contributed by atoms with Crippen molar-refractivity contribution in [2.24, 2.45) is 5.92 Å². The molecule has 0 spiro atoms. The predicted molar refractivity (Wildman–Crippen MR) is 89.4 cm³/mol. The van der Waals surface area contributed by atoms with Gasteiger partial charge in [0.25, 0.3) is 0 Å². The number of rotatable bonds is 5. The maximum Gasteiger partial charge on any atom is 0.391 e. The summed E-state index contributed by atoms with van der Waals surface area (Å²) in [7, 11) is -2.67. The minimum atomic E-state index is -4.33. The van der Waals surface area contributed by atoms with Crippen molar-refractivity contribution < 1.29 is 31.1 Å². The van der Waals surface area contributed by atoms with Gasteiger partial charge in [0.05, 0.1) is 23.6 Å². The molecule has 26 heavy (non-hydrogen) atoms. The SMILES string of the molecule is COc1ccc(S(=O)(=O)N[C@H]2CCC[C@@H](C(F)(F)F)C2)cc1NC(C)=O. The molecule has 146 valence electrons.